The molecular weight excluding hydrogens is 458 g/mol. The highest BCUT2D eigenvalue weighted by Crippen LogP contribution is 2.32. The fraction of sp³-hybridized carbons (Fsp3) is 0.286. The van der Waals surface area contributed by atoms with E-state index in [-0.39, 0.29) is 37.6 Å². The predicted molar refractivity (Wildman–Crippen MR) is 133 cm³/mol. The van der Waals surface area contributed by atoms with Crippen molar-refractivity contribution in [3.63, 3.8) is 0 Å². The molecule has 0 bridgehead atoms. The zero-order valence-corrected chi connectivity index (χ0v) is 20.1. The lowest BCUT2D eigenvalue weighted by Crippen LogP contribution is -2.54. The van der Waals surface area contributed by atoms with Crippen LogP contribution in [0.2, 0.25) is 0 Å². The molecule has 2 aromatic carbocycles. The van der Waals surface area contributed by atoms with Crippen molar-refractivity contribution in [3.05, 3.63) is 83.5 Å². The van der Waals surface area contributed by atoms with Crippen molar-refractivity contribution in [2.24, 2.45) is 5.92 Å². The summed E-state index contributed by atoms with van der Waals surface area (Å²) in [7, 11) is 0. The molecule has 2 aromatic rings. The van der Waals surface area contributed by atoms with E-state index < -0.39 is 5.92 Å². The predicted octanol–water partition coefficient (Wildman–Crippen LogP) is 3.48. The van der Waals surface area contributed by atoms with Gasteiger partial charge in [-0.3, -0.25) is 4.79 Å². The quantitative estimate of drug-likeness (QED) is 0.578. The Morgan fingerprint density at radius 3 is 2.67 bits per heavy atom. The molecule has 0 fully saturated rings. The number of imide groups is 1. The third kappa shape index (κ3) is 4.93. The van der Waals surface area contributed by atoms with E-state index >= 15 is 0 Å². The zero-order valence-electron chi connectivity index (χ0n) is 20.1. The van der Waals surface area contributed by atoms with E-state index in [1.165, 1.54) is 4.90 Å². The molecule has 1 aliphatic carbocycles. The number of ether oxygens (including phenoxy) is 2. The van der Waals surface area contributed by atoms with Gasteiger partial charge in [0.15, 0.2) is 11.5 Å². The fourth-order valence-electron chi connectivity index (χ4n) is 4.50. The average molecular weight is 487 g/mol. The molecule has 1 atom stereocenters. The van der Waals surface area contributed by atoms with Gasteiger partial charge in [-0.1, -0.05) is 54.1 Å². The minimum Gasteiger partial charge on any atom is -0.454 e. The van der Waals surface area contributed by atoms with Gasteiger partial charge < -0.3 is 14.8 Å². The summed E-state index contributed by atoms with van der Waals surface area (Å²) >= 11 is 0. The number of urea groups is 1. The maximum atomic E-state index is 13.4. The minimum absolute atomic E-state index is 0.145. The van der Waals surface area contributed by atoms with Gasteiger partial charge in [0.05, 0.1) is 6.54 Å². The van der Waals surface area contributed by atoms with E-state index in [1.54, 1.807) is 4.58 Å². The molecule has 3 aliphatic rings. The third-order valence-corrected chi connectivity index (χ3v) is 6.48. The number of benzene rings is 2. The Labute approximate surface area is 209 Å². The average Bonchev–Trinajstić information content (AvgIpc) is 3.36. The van der Waals surface area contributed by atoms with Gasteiger partial charge in [0.1, 0.15) is 18.2 Å². The summed E-state index contributed by atoms with van der Waals surface area (Å²) in [6, 6.07) is 13.2. The second-order valence-corrected chi connectivity index (χ2v) is 9.06. The van der Waals surface area contributed by atoms with Gasteiger partial charge in [-0.25, -0.2) is 4.79 Å². The lowest BCUT2D eigenvalue weighted by Gasteiger charge is -2.27. The zero-order chi connectivity index (χ0) is 25.1. The molecule has 2 heterocycles. The van der Waals surface area contributed by atoms with Crippen LogP contribution in [-0.4, -0.2) is 46.4 Å². The van der Waals surface area contributed by atoms with Crippen LogP contribution in [-0.2, 0) is 22.7 Å². The molecule has 1 unspecified atom stereocenters. The maximum absolute atomic E-state index is 13.4. The number of amides is 4. The van der Waals surface area contributed by atoms with Crippen LogP contribution in [0.3, 0.4) is 0 Å². The van der Waals surface area contributed by atoms with Crippen LogP contribution in [0.4, 0.5) is 4.79 Å². The van der Waals surface area contributed by atoms with Crippen molar-refractivity contribution in [3.8, 4) is 11.5 Å². The number of allylic oxidation sites excluding steroid dienone is 3. The Bertz CT molecular complexity index is 1290. The number of nitrogens with zero attached hydrogens (tertiary/aromatic N) is 2. The van der Waals surface area contributed by atoms with Gasteiger partial charge in [-0.05, 0) is 42.7 Å². The lowest BCUT2D eigenvalue weighted by molar-refractivity contribution is -0.456. The van der Waals surface area contributed by atoms with E-state index in [1.807, 2.05) is 73.7 Å². The number of hydrogen-bond acceptors (Lipinski definition) is 5. The van der Waals surface area contributed by atoms with Crippen LogP contribution in [0.1, 0.15) is 29.5 Å². The summed E-state index contributed by atoms with van der Waals surface area (Å²) in [5, 5.41) is 2.88. The molecule has 5 rings (SSSR count). The van der Waals surface area contributed by atoms with Crippen LogP contribution in [0.5, 0.6) is 11.5 Å². The Kier molecular flexibility index (Phi) is 6.66. The highest BCUT2D eigenvalue weighted by atomic mass is 16.7. The number of hydrogen-bond donors (Lipinski definition) is 1. The maximum Gasteiger partial charge on any atom is 0.501 e. The van der Waals surface area contributed by atoms with Gasteiger partial charge >= 0.3 is 11.9 Å². The lowest BCUT2D eigenvalue weighted by atomic mass is 9.94. The second-order valence-electron chi connectivity index (χ2n) is 9.06. The van der Waals surface area contributed by atoms with E-state index in [0.29, 0.717) is 36.7 Å². The minimum atomic E-state index is -0.502. The molecule has 0 saturated heterocycles. The molecule has 36 heavy (non-hydrogen) atoms. The van der Waals surface area contributed by atoms with E-state index in [2.05, 4.69) is 5.32 Å². The Hall–Kier alpha value is -4.20. The number of fused-ring (bicyclic) bond motifs is 2. The van der Waals surface area contributed by atoms with Gasteiger partial charge in [-0.2, -0.15) is 14.3 Å². The van der Waals surface area contributed by atoms with Gasteiger partial charge in [0.2, 0.25) is 12.7 Å². The van der Waals surface area contributed by atoms with Crippen molar-refractivity contribution >= 4 is 23.6 Å². The molecule has 1 N–H and O–H groups in total. The molecule has 8 heteroatoms. The number of carbonyl (C=O) groups excluding carboxylic acids is 3. The van der Waals surface area contributed by atoms with Crippen LogP contribution in [0.15, 0.2) is 66.8 Å². The van der Waals surface area contributed by atoms with Crippen LogP contribution in [0.25, 0.3) is 0 Å². The van der Waals surface area contributed by atoms with Crippen LogP contribution in [0, 0.1) is 12.8 Å². The summed E-state index contributed by atoms with van der Waals surface area (Å²) < 4.78 is 12.3. The van der Waals surface area contributed by atoms with Gasteiger partial charge in [0, 0.05) is 13.0 Å². The largest absolute Gasteiger partial charge is 0.501 e. The molecular formula is C28H28N3O5+. The first-order chi connectivity index (χ1) is 17.5. The first-order valence-corrected chi connectivity index (χ1v) is 12.0. The van der Waals surface area contributed by atoms with E-state index in [9.17, 15) is 14.4 Å². The smallest absolute Gasteiger partial charge is 0.454 e. The van der Waals surface area contributed by atoms with Crippen molar-refractivity contribution in [2.75, 3.05) is 13.3 Å². The van der Waals surface area contributed by atoms with Crippen LogP contribution >= 0.6 is 0 Å². The molecule has 0 saturated carbocycles. The normalized spacial score (nSPS) is 18.0. The summed E-state index contributed by atoms with van der Waals surface area (Å²) in [5.74, 6) is 0.464. The Morgan fingerprint density at radius 1 is 1.06 bits per heavy atom. The van der Waals surface area contributed by atoms with Crippen molar-refractivity contribution in [1.82, 2.24) is 10.2 Å². The summed E-state index contributed by atoms with van der Waals surface area (Å²) in [4.78, 5) is 40.2. The Morgan fingerprint density at radius 2 is 1.83 bits per heavy atom. The molecule has 184 valence electrons. The highest BCUT2D eigenvalue weighted by Gasteiger charge is 2.46. The van der Waals surface area contributed by atoms with Gasteiger partial charge in [0.25, 0.3) is 0 Å². The fourth-order valence-corrected chi connectivity index (χ4v) is 4.50. The molecule has 8 nitrogen and oxygen atoms in total. The van der Waals surface area contributed by atoms with Crippen molar-refractivity contribution in [1.29, 1.82) is 0 Å². The molecule has 0 spiro atoms. The van der Waals surface area contributed by atoms with Gasteiger partial charge in [-0.15, -0.1) is 0 Å². The van der Waals surface area contributed by atoms with E-state index in [4.69, 9.17) is 9.47 Å². The number of nitrogens with one attached hydrogen (secondary N) is 1. The Balaban J connectivity index is 1.20. The SMILES string of the molecule is Cc1ccc(C[N+]2=C3C=CC=CC3C(=O)N(CCCC(=O)NCc3ccc4c(c3)OCO4)C2=O)cc1. The molecule has 4 amide bonds. The summed E-state index contributed by atoms with van der Waals surface area (Å²) in [6.07, 6.45) is 7.90. The first-order valence-electron chi connectivity index (χ1n) is 12.0. The standard InChI is InChI=1S/C28H27N3O5/c1-19-8-10-20(11-9-19)17-31-23-6-3-2-5-22(23)27(33)30(28(31)34)14-4-7-26(32)29-16-21-12-13-24-25(15-21)36-18-35-24/h2-3,5-6,8-13,15,22H,4,7,14,16-18H2,1H3/p+1. The van der Waals surface area contributed by atoms with Crippen molar-refractivity contribution in [2.45, 2.75) is 32.9 Å². The number of rotatable bonds is 8. The first kappa shape index (κ1) is 23.5. The molecule has 0 aromatic heterocycles. The second kappa shape index (κ2) is 10.2. The molecule has 2 aliphatic heterocycles. The number of carbonyl (C=O) groups is 3. The summed E-state index contributed by atoms with van der Waals surface area (Å²) in [5.41, 5.74) is 3.72. The van der Waals surface area contributed by atoms with Crippen molar-refractivity contribution < 1.29 is 28.4 Å². The third-order valence-electron chi connectivity index (χ3n) is 6.48. The number of aryl methyl sites for hydroxylation is 1. The topological polar surface area (TPSA) is 88.0 Å². The van der Waals surface area contributed by atoms with Crippen LogP contribution < -0.4 is 14.8 Å². The highest BCUT2D eigenvalue weighted by molar-refractivity contribution is 6.16. The van der Waals surface area contributed by atoms with E-state index in [0.717, 1.165) is 16.7 Å². The summed E-state index contributed by atoms with van der Waals surface area (Å²) in [6.45, 7) is 3.14. The monoisotopic (exact) mass is 486 g/mol. The molecule has 0 radical (unpaired) electrons.